The van der Waals surface area contributed by atoms with Crippen molar-refractivity contribution in [2.75, 3.05) is 27.9 Å². The summed E-state index contributed by atoms with van der Waals surface area (Å²) < 4.78 is 75.2. The predicted molar refractivity (Wildman–Crippen MR) is 232 cm³/mol. The number of methoxy groups -OCH3 is 3. The Morgan fingerprint density at radius 3 is 2.29 bits per heavy atom. The third-order valence-electron chi connectivity index (χ3n) is 14.9. The topological polar surface area (TPSA) is 192 Å². The van der Waals surface area contributed by atoms with E-state index in [0.29, 0.717) is 31.3 Å². The van der Waals surface area contributed by atoms with Crippen LogP contribution in [0.4, 0.5) is 0 Å². The van der Waals surface area contributed by atoms with E-state index in [-0.39, 0.29) is 31.3 Å². The third-order valence-corrected chi connectivity index (χ3v) is 14.9. The van der Waals surface area contributed by atoms with E-state index in [4.69, 9.17) is 56.5 Å². The number of hydrogen-bond acceptors (Lipinski definition) is 16. The van der Waals surface area contributed by atoms with Crippen LogP contribution in [0.25, 0.3) is 0 Å². The molecule has 3 N–H and O–H groups in total. The van der Waals surface area contributed by atoms with Crippen LogP contribution >= 0.6 is 0 Å². The lowest BCUT2D eigenvalue weighted by Crippen LogP contribution is -2.59. The summed E-state index contributed by atoms with van der Waals surface area (Å²) in [6.45, 7) is 11.7. The average Bonchev–Trinajstić information content (AvgIpc) is 3.93. The van der Waals surface area contributed by atoms with Gasteiger partial charge in [-0.25, -0.2) is 0 Å². The molecule has 7 aliphatic rings. The molecule has 8 rings (SSSR count). The molecule has 0 amide bonds. The van der Waals surface area contributed by atoms with E-state index in [1.165, 1.54) is 0 Å². The SMILES string of the molecule is CO[C@H]1C[C@H](O[C@H]2[C@H](C)O[C@@H](O[C@@H]3/C(C)=C\C[C@@H]4C[C@@H](C[C@]5(CC(O)[C@H](C)C(c6ccoc6)O5)O4)OC(=O)[C@@H]4C=C(C)[C@@H](OC)[C@H]5OCC(=C/C=C\[C@@H]3C)[C@]54O)C[C@@H]2OC)O[C@@H](C)[C@@H]1O. The smallest absolute Gasteiger partial charge is 0.316 e. The summed E-state index contributed by atoms with van der Waals surface area (Å²) in [5.41, 5.74) is 1.21. The number of esters is 1. The maximum absolute atomic E-state index is 14.5. The number of fused-ring (bicyclic) bond motifs is 2. The summed E-state index contributed by atoms with van der Waals surface area (Å²) in [5, 5.41) is 34.8. The number of carbonyl (C=O) groups is 1. The predicted octanol–water partition coefficient (Wildman–Crippen LogP) is 5.15. The fraction of sp³-hybridized carbons (Fsp3) is 0.735. The van der Waals surface area contributed by atoms with Crippen molar-refractivity contribution in [2.45, 2.75) is 183 Å². The Labute approximate surface area is 382 Å². The summed E-state index contributed by atoms with van der Waals surface area (Å²) in [5.74, 6) is -3.46. The van der Waals surface area contributed by atoms with Gasteiger partial charge in [-0.05, 0) is 56.9 Å². The first-order valence-electron chi connectivity index (χ1n) is 23.3. The maximum atomic E-state index is 14.5. The van der Waals surface area contributed by atoms with Crippen LogP contribution in [0.2, 0.25) is 0 Å². The number of allylic oxidation sites excluding steroid dienone is 2. The Morgan fingerprint density at radius 1 is 0.831 bits per heavy atom. The highest BCUT2D eigenvalue weighted by Gasteiger charge is 2.61. The minimum Gasteiger partial charge on any atom is -0.472 e. The highest BCUT2D eigenvalue weighted by molar-refractivity contribution is 5.78. The molecule has 1 aliphatic carbocycles. The molecule has 2 unspecified atom stereocenters. The number of aliphatic hydroxyl groups is 3. The zero-order chi connectivity index (χ0) is 46.4. The molecule has 0 aromatic carbocycles. The van der Waals surface area contributed by atoms with Gasteiger partial charge in [0, 0.05) is 70.8 Å². The van der Waals surface area contributed by atoms with Crippen molar-refractivity contribution in [1.82, 2.24) is 0 Å². The minimum absolute atomic E-state index is 0.0816. The second-order valence-electron chi connectivity index (χ2n) is 19.3. The van der Waals surface area contributed by atoms with E-state index in [9.17, 15) is 20.1 Å². The summed E-state index contributed by atoms with van der Waals surface area (Å²) in [4.78, 5) is 14.5. The normalized spacial score (nSPS) is 47.5. The zero-order valence-corrected chi connectivity index (χ0v) is 39.1. The zero-order valence-electron chi connectivity index (χ0n) is 39.1. The summed E-state index contributed by atoms with van der Waals surface area (Å²) >= 11 is 0. The van der Waals surface area contributed by atoms with Crippen molar-refractivity contribution in [3.63, 3.8) is 0 Å². The third kappa shape index (κ3) is 9.76. The largest absolute Gasteiger partial charge is 0.472 e. The molecule has 5 fully saturated rings. The van der Waals surface area contributed by atoms with Gasteiger partial charge in [0.05, 0.1) is 68.0 Å². The van der Waals surface area contributed by atoms with Crippen molar-refractivity contribution < 1.29 is 76.6 Å². The van der Waals surface area contributed by atoms with Gasteiger partial charge in [-0.3, -0.25) is 4.79 Å². The molecule has 1 aromatic rings. The van der Waals surface area contributed by atoms with E-state index in [1.54, 1.807) is 46.9 Å². The van der Waals surface area contributed by atoms with Crippen molar-refractivity contribution in [1.29, 1.82) is 0 Å². The van der Waals surface area contributed by atoms with Crippen molar-refractivity contribution >= 4 is 5.97 Å². The first-order chi connectivity index (χ1) is 31.1. The molecule has 6 aliphatic heterocycles. The Kier molecular flexibility index (Phi) is 15.0. The fourth-order valence-electron chi connectivity index (χ4n) is 11.2. The van der Waals surface area contributed by atoms with Gasteiger partial charge in [0.2, 0.25) is 0 Å². The molecule has 362 valence electrons. The number of hydrogen-bond donors (Lipinski definition) is 3. The lowest BCUT2D eigenvalue weighted by molar-refractivity contribution is -0.350. The summed E-state index contributed by atoms with van der Waals surface area (Å²) in [7, 11) is 4.77. The molecule has 0 radical (unpaired) electrons. The molecule has 1 aromatic heterocycles. The minimum atomic E-state index is -1.76. The van der Waals surface area contributed by atoms with Crippen LogP contribution in [0.5, 0.6) is 0 Å². The number of ether oxygens (including phenoxy) is 11. The molecule has 7 heterocycles. The van der Waals surface area contributed by atoms with Crippen LogP contribution in [0.1, 0.15) is 91.7 Å². The van der Waals surface area contributed by atoms with Crippen LogP contribution in [-0.4, -0.2) is 146 Å². The van der Waals surface area contributed by atoms with Crippen molar-refractivity contribution in [3.8, 4) is 0 Å². The van der Waals surface area contributed by atoms with E-state index in [1.807, 2.05) is 52.0 Å². The first-order valence-corrected chi connectivity index (χ1v) is 23.3. The van der Waals surface area contributed by atoms with E-state index < -0.39 is 115 Å². The molecule has 5 saturated heterocycles. The van der Waals surface area contributed by atoms with E-state index in [0.717, 1.165) is 16.7 Å². The quantitative estimate of drug-likeness (QED) is 0.229. The molecular formula is C49H70O16. The Balaban J connectivity index is 1.10. The number of carbonyl (C=O) groups excluding carboxylic acids is 1. The van der Waals surface area contributed by atoms with Crippen LogP contribution < -0.4 is 0 Å². The fourth-order valence-corrected chi connectivity index (χ4v) is 11.2. The monoisotopic (exact) mass is 914 g/mol. The van der Waals surface area contributed by atoms with E-state index >= 15 is 0 Å². The molecule has 65 heavy (non-hydrogen) atoms. The molecule has 1 spiro atoms. The Hall–Kier alpha value is -2.81. The highest BCUT2D eigenvalue weighted by atomic mass is 16.7. The standard InChI is InChI=1S/C49H70O16/c1-25-11-10-12-32-24-58-46-43(56-9)27(3)17-35(49(32,46)53)47(52)61-34-18-33(64-48(21-34)22-36(50)28(4)44(65-48)31-15-16-57-23-31)14-13-26(2)42(25)62-40-20-38(55-8)45(30(6)60-40)63-39-19-37(54-7)41(51)29(5)59-39/h10-13,15-17,23,25,28-30,33-46,50-51,53H,14,18-22,24H2,1-9H3/b11-10-,26-13-,32-12?/t25-,28-,29-,30-,33+,34-,35-,36?,37-,38-,39-,40-,41-,42-,43+,44?,45-,46+,48-,49+/m0/s1. The van der Waals surface area contributed by atoms with Crippen molar-refractivity contribution in [3.05, 3.63) is 71.3 Å². The van der Waals surface area contributed by atoms with Gasteiger partial charge in [0.15, 0.2) is 18.4 Å². The van der Waals surface area contributed by atoms with Gasteiger partial charge < -0.3 is 71.8 Å². The van der Waals surface area contributed by atoms with E-state index in [2.05, 4.69) is 13.0 Å². The molecule has 2 bridgehead atoms. The molecule has 20 atom stereocenters. The molecule has 16 heteroatoms. The van der Waals surface area contributed by atoms with Crippen LogP contribution in [0, 0.1) is 17.8 Å². The average molecular weight is 915 g/mol. The maximum Gasteiger partial charge on any atom is 0.316 e. The van der Waals surface area contributed by atoms with Crippen LogP contribution in [0.15, 0.2) is 70.1 Å². The molecular weight excluding hydrogens is 845 g/mol. The van der Waals surface area contributed by atoms with Gasteiger partial charge in [-0.1, -0.05) is 44.2 Å². The van der Waals surface area contributed by atoms with Crippen molar-refractivity contribution in [2.24, 2.45) is 17.8 Å². The second kappa shape index (κ2) is 20.0. The van der Waals surface area contributed by atoms with Gasteiger partial charge >= 0.3 is 5.97 Å². The molecule has 16 nitrogen and oxygen atoms in total. The molecule has 0 saturated carbocycles. The number of rotatable bonds is 8. The first kappa shape index (κ1) is 48.6. The summed E-state index contributed by atoms with van der Waals surface area (Å²) in [6, 6.07) is 1.82. The number of furan rings is 1. The summed E-state index contributed by atoms with van der Waals surface area (Å²) in [6.07, 6.45) is 5.79. The Bertz CT molecular complexity index is 1910. The van der Waals surface area contributed by atoms with Crippen LogP contribution in [-0.2, 0) is 56.9 Å². The highest BCUT2D eigenvalue weighted by Crippen LogP contribution is 2.50. The number of aliphatic hydroxyl groups excluding tert-OH is 2. The van der Waals surface area contributed by atoms with Gasteiger partial charge in [0.1, 0.15) is 42.0 Å². The lowest BCUT2D eigenvalue weighted by atomic mass is 9.70. The van der Waals surface area contributed by atoms with Gasteiger partial charge in [-0.15, -0.1) is 0 Å². The lowest BCUT2D eigenvalue weighted by Gasteiger charge is -2.51. The van der Waals surface area contributed by atoms with Gasteiger partial charge in [0.25, 0.3) is 0 Å². The Morgan fingerprint density at radius 2 is 1.57 bits per heavy atom. The second-order valence-corrected chi connectivity index (χ2v) is 19.3. The van der Waals surface area contributed by atoms with Crippen LogP contribution in [0.3, 0.4) is 0 Å². The van der Waals surface area contributed by atoms with Gasteiger partial charge in [-0.2, -0.15) is 0 Å².